The Balaban J connectivity index is 1.73. The van der Waals surface area contributed by atoms with Crippen molar-refractivity contribution in [2.24, 2.45) is 14.1 Å². The van der Waals surface area contributed by atoms with Crippen molar-refractivity contribution < 1.29 is 4.79 Å². The summed E-state index contributed by atoms with van der Waals surface area (Å²) in [5, 5.41) is 13.2. The Morgan fingerprint density at radius 1 is 1.16 bits per heavy atom. The van der Waals surface area contributed by atoms with Gasteiger partial charge in [-0.2, -0.15) is 0 Å². The van der Waals surface area contributed by atoms with E-state index in [4.69, 9.17) is 5.41 Å². The zero-order valence-electron chi connectivity index (χ0n) is 18.5. The van der Waals surface area contributed by atoms with Crippen LogP contribution in [0.5, 0.6) is 0 Å². The van der Waals surface area contributed by atoms with Crippen LogP contribution in [0.4, 0.5) is 5.13 Å². The summed E-state index contributed by atoms with van der Waals surface area (Å²) in [5.74, 6) is -0.484. The number of carbonyl (C=O) groups is 1. The van der Waals surface area contributed by atoms with Gasteiger partial charge in [0.25, 0.3) is 5.56 Å². The zero-order chi connectivity index (χ0) is 23.8. The van der Waals surface area contributed by atoms with Gasteiger partial charge in [0, 0.05) is 25.0 Å². The minimum atomic E-state index is -0.661. The van der Waals surface area contributed by atoms with Crippen molar-refractivity contribution in [2.45, 2.75) is 37.6 Å². The largest absolute Gasteiger partial charge is 0.331 e. The van der Waals surface area contributed by atoms with E-state index < -0.39 is 17.2 Å². The molecule has 0 aliphatic heterocycles. The summed E-state index contributed by atoms with van der Waals surface area (Å²) >= 11 is 5.47. The fraction of sp³-hybridized carbons (Fsp3) is 0.318. The molecule has 0 aliphatic rings. The maximum Gasteiger partial charge on any atom is 0.331 e. The first-order valence-electron chi connectivity index (χ1n) is 9.83. The van der Waals surface area contributed by atoms with Gasteiger partial charge in [0.05, 0.1) is 28.4 Å². The molecule has 0 atom stereocenters. The second kappa shape index (κ2) is 8.87. The molecule has 0 fully saturated rings. The Morgan fingerprint density at radius 3 is 2.38 bits per heavy atom. The molecule has 0 saturated heterocycles. The molecule has 1 aromatic carbocycles. The highest BCUT2D eigenvalue weighted by Gasteiger charge is 2.20. The Morgan fingerprint density at radius 2 is 1.78 bits per heavy atom. The van der Waals surface area contributed by atoms with Gasteiger partial charge in [-0.25, -0.2) is 9.78 Å². The lowest BCUT2D eigenvalue weighted by atomic mass is 9.86. The number of hydrogen-bond donors (Lipinski definition) is 3. The second-order valence-electron chi connectivity index (χ2n) is 8.47. The average Bonchev–Trinajstić information content (AvgIpc) is 3.18. The summed E-state index contributed by atoms with van der Waals surface area (Å²) in [5.41, 5.74) is 1.45. The fourth-order valence-corrected chi connectivity index (χ4v) is 4.17. The van der Waals surface area contributed by atoms with Gasteiger partial charge in [0.2, 0.25) is 5.91 Å². The quantitative estimate of drug-likeness (QED) is 0.302. The summed E-state index contributed by atoms with van der Waals surface area (Å²) in [6, 6.07) is 8.13. The van der Waals surface area contributed by atoms with Gasteiger partial charge < -0.3 is 10.7 Å². The second-order valence-corrected chi connectivity index (χ2v) is 9.75. The summed E-state index contributed by atoms with van der Waals surface area (Å²) < 4.78 is 2.05. The van der Waals surface area contributed by atoms with E-state index in [1.54, 1.807) is 0 Å². The Kier molecular flexibility index (Phi) is 6.56. The third-order valence-corrected chi connectivity index (χ3v) is 6.35. The summed E-state index contributed by atoms with van der Waals surface area (Å²) in [6.07, 6.45) is -0.351. The number of hydrogen-bond acceptors (Lipinski definition) is 7. The highest BCUT2D eigenvalue weighted by Crippen LogP contribution is 2.28. The number of anilines is 1. The average molecular weight is 472 g/mol. The fourth-order valence-electron chi connectivity index (χ4n) is 3.11. The molecular weight excluding hydrogens is 446 g/mol. The monoisotopic (exact) mass is 471 g/mol. The lowest BCUT2D eigenvalue weighted by molar-refractivity contribution is -0.115. The molecule has 2 N–H and O–H groups in total. The number of nitrogens with one attached hydrogen (secondary N) is 2. The molecule has 3 aromatic rings. The van der Waals surface area contributed by atoms with Crippen molar-refractivity contribution in [2.75, 3.05) is 5.32 Å². The Labute approximate surface area is 194 Å². The third kappa shape index (κ3) is 4.76. The van der Waals surface area contributed by atoms with Gasteiger partial charge in [-0.3, -0.25) is 18.7 Å². The number of aromatic nitrogens is 3. The van der Waals surface area contributed by atoms with Crippen LogP contribution in [0.15, 0.2) is 44.3 Å². The lowest BCUT2D eigenvalue weighted by Gasteiger charge is -2.18. The summed E-state index contributed by atoms with van der Waals surface area (Å²) in [6.45, 7) is 6.45. The third-order valence-electron chi connectivity index (χ3n) is 5.07. The number of nitrogens with zero attached hydrogens (tertiary/aromatic N) is 3. The SMILES string of the molecule is Cn1c(S)c(C(=N)CC(=O)Nc2nc(-c3ccc(C(C)(C)C)cc3)cs2)c(=O)n(C)c1=O. The van der Waals surface area contributed by atoms with E-state index in [2.05, 4.69) is 55.8 Å². The van der Waals surface area contributed by atoms with Crippen LogP contribution in [0.2, 0.25) is 0 Å². The van der Waals surface area contributed by atoms with Gasteiger partial charge in [0.15, 0.2) is 5.13 Å². The summed E-state index contributed by atoms with van der Waals surface area (Å²) in [4.78, 5) is 41.3. The standard InChI is InChI=1S/C22H25N5O3S2/c1-22(2,3)13-8-6-12(7-9-13)15-11-32-20(24-15)25-16(28)10-14(23)17-18(29)26(4)21(30)27(5)19(17)31/h6-9,11,23,31H,10H2,1-5H3,(H,24,25,28). The van der Waals surface area contributed by atoms with E-state index in [0.29, 0.717) is 5.13 Å². The number of thiazole rings is 1. The van der Waals surface area contributed by atoms with Crippen LogP contribution in [-0.4, -0.2) is 25.7 Å². The van der Waals surface area contributed by atoms with E-state index in [9.17, 15) is 14.4 Å². The van der Waals surface area contributed by atoms with Crippen LogP contribution >= 0.6 is 24.0 Å². The molecule has 32 heavy (non-hydrogen) atoms. The molecule has 0 unspecified atom stereocenters. The molecule has 168 valence electrons. The number of benzene rings is 1. The van der Waals surface area contributed by atoms with Gasteiger partial charge >= 0.3 is 5.69 Å². The molecule has 3 rings (SSSR count). The van der Waals surface area contributed by atoms with Gasteiger partial charge in [-0.1, -0.05) is 45.0 Å². The highest BCUT2D eigenvalue weighted by molar-refractivity contribution is 7.80. The van der Waals surface area contributed by atoms with E-state index in [1.165, 1.54) is 31.0 Å². The van der Waals surface area contributed by atoms with Gasteiger partial charge in [-0.05, 0) is 11.0 Å². The van der Waals surface area contributed by atoms with Gasteiger partial charge in [-0.15, -0.1) is 24.0 Å². The molecule has 2 aromatic heterocycles. The first-order valence-corrected chi connectivity index (χ1v) is 11.2. The van der Waals surface area contributed by atoms with Crippen molar-refractivity contribution >= 4 is 40.7 Å². The van der Waals surface area contributed by atoms with Crippen molar-refractivity contribution in [3.8, 4) is 11.3 Å². The van der Waals surface area contributed by atoms with Crippen LogP contribution in [0.3, 0.4) is 0 Å². The Hall–Kier alpha value is -2.98. The molecular formula is C22H25N5O3S2. The maximum absolute atomic E-state index is 12.5. The van der Waals surface area contributed by atoms with Crippen LogP contribution in [0, 0.1) is 5.41 Å². The van der Waals surface area contributed by atoms with Crippen molar-refractivity contribution in [1.82, 2.24) is 14.1 Å². The van der Waals surface area contributed by atoms with E-state index in [1.807, 2.05) is 17.5 Å². The molecule has 0 spiro atoms. The Bertz CT molecular complexity index is 1310. The van der Waals surface area contributed by atoms with Gasteiger partial charge in [0.1, 0.15) is 0 Å². The minimum absolute atomic E-state index is 0.0474. The molecule has 0 aliphatic carbocycles. The predicted molar refractivity (Wildman–Crippen MR) is 131 cm³/mol. The maximum atomic E-state index is 12.5. The summed E-state index contributed by atoms with van der Waals surface area (Å²) in [7, 11) is 2.77. The molecule has 0 saturated carbocycles. The zero-order valence-corrected chi connectivity index (χ0v) is 20.2. The number of carbonyl (C=O) groups excluding carboxylic acids is 1. The van der Waals surface area contributed by atoms with E-state index >= 15 is 0 Å². The lowest BCUT2D eigenvalue weighted by Crippen LogP contribution is -2.41. The number of thiol groups is 1. The van der Waals surface area contributed by atoms with Crippen molar-refractivity contribution in [3.63, 3.8) is 0 Å². The molecule has 0 bridgehead atoms. The molecule has 10 heteroatoms. The van der Waals surface area contributed by atoms with E-state index in [-0.39, 0.29) is 28.1 Å². The molecule has 2 heterocycles. The first-order chi connectivity index (χ1) is 14.9. The minimum Gasteiger partial charge on any atom is -0.304 e. The van der Waals surface area contributed by atoms with Crippen LogP contribution < -0.4 is 16.6 Å². The first kappa shape index (κ1) is 23.7. The smallest absolute Gasteiger partial charge is 0.304 e. The predicted octanol–water partition coefficient (Wildman–Crippen LogP) is 3.19. The van der Waals surface area contributed by atoms with Crippen molar-refractivity contribution in [1.29, 1.82) is 5.41 Å². The van der Waals surface area contributed by atoms with Crippen molar-refractivity contribution in [3.05, 3.63) is 61.6 Å². The molecule has 8 nitrogen and oxygen atoms in total. The highest BCUT2D eigenvalue weighted by atomic mass is 32.1. The molecule has 0 radical (unpaired) electrons. The van der Waals surface area contributed by atoms with E-state index in [0.717, 1.165) is 20.4 Å². The number of rotatable bonds is 5. The normalized spacial score (nSPS) is 11.4. The number of amides is 1. The van der Waals surface area contributed by atoms with Crippen LogP contribution in [0.1, 0.15) is 38.3 Å². The molecule has 1 amide bonds. The topological polar surface area (TPSA) is 110 Å². The van der Waals surface area contributed by atoms with Crippen LogP contribution in [-0.2, 0) is 24.3 Å². The van der Waals surface area contributed by atoms with Crippen LogP contribution in [0.25, 0.3) is 11.3 Å².